The Morgan fingerprint density at radius 1 is 0.964 bits per heavy atom. The quantitative estimate of drug-likeness (QED) is 0.780. The summed E-state index contributed by atoms with van der Waals surface area (Å²) in [5.41, 5.74) is 2.52. The molecule has 1 aromatic carbocycles. The summed E-state index contributed by atoms with van der Waals surface area (Å²) in [5, 5.41) is 13.2. The molecular formula is C22H34N6. The summed E-state index contributed by atoms with van der Waals surface area (Å²) >= 11 is 0. The molecule has 0 radical (unpaired) electrons. The molecule has 2 fully saturated rings. The number of anilines is 1. The molecule has 6 nitrogen and oxygen atoms in total. The van der Waals surface area contributed by atoms with E-state index in [2.05, 4.69) is 75.3 Å². The van der Waals surface area contributed by atoms with Crippen molar-refractivity contribution in [3.05, 3.63) is 35.7 Å². The fourth-order valence-corrected chi connectivity index (χ4v) is 4.73. The average Bonchev–Trinajstić information content (AvgIpc) is 3.20. The van der Waals surface area contributed by atoms with Gasteiger partial charge in [0.15, 0.2) is 5.82 Å². The summed E-state index contributed by atoms with van der Waals surface area (Å²) in [6.07, 6.45) is 8.80. The van der Waals surface area contributed by atoms with Crippen LogP contribution < -0.4 is 4.90 Å². The monoisotopic (exact) mass is 382 g/mol. The number of tetrazole rings is 1. The summed E-state index contributed by atoms with van der Waals surface area (Å²) in [6.45, 7) is 4.59. The molecule has 0 spiro atoms. The molecule has 152 valence electrons. The molecule has 2 heterocycles. The highest BCUT2D eigenvalue weighted by molar-refractivity contribution is 5.47. The molecule has 2 aliphatic rings. The van der Waals surface area contributed by atoms with Gasteiger partial charge in [-0.2, -0.15) is 0 Å². The first-order valence-electron chi connectivity index (χ1n) is 10.9. The summed E-state index contributed by atoms with van der Waals surface area (Å²) in [7, 11) is 4.17. The fraction of sp³-hybridized carbons (Fsp3) is 0.682. The third-order valence-corrected chi connectivity index (χ3v) is 6.59. The van der Waals surface area contributed by atoms with Crippen LogP contribution >= 0.6 is 0 Å². The van der Waals surface area contributed by atoms with Crippen molar-refractivity contribution < 1.29 is 0 Å². The SMILES string of the molecule is CC1CCN([C@@H](c2ccc(N(C)C)cc2)c2nnnn2C2CCCCC2)CC1. The smallest absolute Gasteiger partial charge is 0.173 e. The molecule has 4 rings (SSSR count). The maximum Gasteiger partial charge on any atom is 0.173 e. The maximum atomic E-state index is 4.57. The van der Waals surface area contributed by atoms with Crippen LogP contribution in [0.5, 0.6) is 0 Å². The zero-order valence-electron chi connectivity index (χ0n) is 17.6. The molecule has 0 amide bonds. The Hall–Kier alpha value is -1.95. The van der Waals surface area contributed by atoms with Gasteiger partial charge in [0.05, 0.1) is 12.1 Å². The molecule has 6 heteroatoms. The Morgan fingerprint density at radius 2 is 1.64 bits per heavy atom. The van der Waals surface area contributed by atoms with Crippen LogP contribution in [0, 0.1) is 5.92 Å². The van der Waals surface area contributed by atoms with Crippen molar-refractivity contribution in [2.75, 3.05) is 32.1 Å². The van der Waals surface area contributed by atoms with Crippen molar-refractivity contribution >= 4 is 5.69 Å². The Morgan fingerprint density at radius 3 is 2.29 bits per heavy atom. The first kappa shape index (κ1) is 19.4. The van der Waals surface area contributed by atoms with E-state index in [1.807, 2.05) is 0 Å². The highest BCUT2D eigenvalue weighted by atomic mass is 15.6. The zero-order chi connectivity index (χ0) is 19.5. The second-order valence-electron chi connectivity index (χ2n) is 8.88. The minimum Gasteiger partial charge on any atom is -0.378 e. The number of hydrogen-bond donors (Lipinski definition) is 0. The number of nitrogens with zero attached hydrogens (tertiary/aromatic N) is 6. The van der Waals surface area contributed by atoms with Crippen LogP contribution in [0.4, 0.5) is 5.69 Å². The van der Waals surface area contributed by atoms with Crippen LogP contribution in [0.15, 0.2) is 24.3 Å². The van der Waals surface area contributed by atoms with E-state index in [0.29, 0.717) is 6.04 Å². The lowest BCUT2D eigenvalue weighted by molar-refractivity contribution is 0.146. The Kier molecular flexibility index (Phi) is 5.95. The molecule has 28 heavy (non-hydrogen) atoms. The predicted octanol–water partition coefficient (Wildman–Crippen LogP) is 4.07. The van der Waals surface area contributed by atoms with Gasteiger partial charge in [0.25, 0.3) is 0 Å². The zero-order valence-corrected chi connectivity index (χ0v) is 17.6. The van der Waals surface area contributed by atoms with Crippen LogP contribution in [0.1, 0.15) is 75.3 Å². The van der Waals surface area contributed by atoms with Crippen molar-refractivity contribution in [3.63, 3.8) is 0 Å². The van der Waals surface area contributed by atoms with Crippen LogP contribution in [0.2, 0.25) is 0 Å². The van der Waals surface area contributed by atoms with Crippen LogP contribution in [-0.2, 0) is 0 Å². The largest absolute Gasteiger partial charge is 0.378 e. The van der Waals surface area contributed by atoms with Crippen LogP contribution in [0.3, 0.4) is 0 Å². The van der Waals surface area contributed by atoms with E-state index in [-0.39, 0.29) is 6.04 Å². The highest BCUT2D eigenvalue weighted by Gasteiger charge is 2.32. The first-order valence-corrected chi connectivity index (χ1v) is 10.9. The maximum absolute atomic E-state index is 4.57. The van der Waals surface area contributed by atoms with Gasteiger partial charge in [-0.25, -0.2) is 4.68 Å². The Labute approximate surface area is 168 Å². The third-order valence-electron chi connectivity index (χ3n) is 6.59. The van der Waals surface area contributed by atoms with Gasteiger partial charge >= 0.3 is 0 Å². The number of piperidine rings is 1. The normalized spacial score (nSPS) is 21.0. The van der Waals surface area contributed by atoms with E-state index in [1.165, 1.54) is 56.2 Å². The van der Waals surface area contributed by atoms with Crippen molar-refractivity contribution in [2.24, 2.45) is 5.92 Å². The van der Waals surface area contributed by atoms with Gasteiger partial charge in [0.1, 0.15) is 0 Å². The van der Waals surface area contributed by atoms with Crippen molar-refractivity contribution in [1.29, 1.82) is 0 Å². The summed E-state index contributed by atoms with van der Waals surface area (Å²) in [6, 6.07) is 9.54. The first-order chi connectivity index (χ1) is 13.6. The van der Waals surface area contributed by atoms with Gasteiger partial charge in [-0.15, -0.1) is 5.10 Å². The molecule has 1 saturated heterocycles. The van der Waals surface area contributed by atoms with Crippen LogP contribution in [0.25, 0.3) is 0 Å². The number of hydrogen-bond acceptors (Lipinski definition) is 5. The molecule has 2 aromatic rings. The number of rotatable bonds is 5. The number of aromatic nitrogens is 4. The van der Waals surface area contributed by atoms with Crippen molar-refractivity contribution in [1.82, 2.24) is 25.1 Å². The molecule has 1 aromatic heterocycles. The van der Waals surface area contributed by atoms with Gasteiger partial charge in [-0.1, -0.05) is 38.3 Å². The second-order valence-corrected chi connectivity index (χ2v) is 8.88. The van der Waals surface area contributed by atoms with Crippen LogP contribution in [-0.4, -0.2) is 52.3 Å². The molecule has 1 saturated carbocycles. The van der Waals surface area contributed by atoms with E-state index >= 15 is 0 Å². The molecule has 0 N–H and O–H groups in total. The molecule has 1 aliphatic carbocycles. The van der Waals surface area contributed by atoms with E-state index in [0.717, 1.165) is 24.8 Å². The lowest BCUT2D eigenvalue weighted by atomic mass is 9.93. The summed E-state index contributed by atoms with van der Waals surface area (Å²) in [4.78, 5) is 4.74. The molecule has 1 aliphatic heterocycles. The molecular weight excluding hydrogens is 348 g/mol. The number of benzene rings is 1. The average molecular weight is 383 g/mol. The van der Waals surface area contributed by atoms with Gasteiger partial charge in [0.2, 0.25) is 0 Å². The summed E-state index contributed by atoms with van der Waals surface area (Å²) < 4.78 is 2.15. The third kappa shape index (κ3) is 4.07. The highest BCUT2D eigenvalue weighted by Crippen LogP contribution is 2.35. The number of likely N-dealkylation sites (tertiary alicyclic amines) is 1. The predicted molar refractivity (Wildman–Crippen MR) is 113 cm³/mol. The molecule has 0 bridgehead atoms. The lowest BCUT2D eigenvalue weighted by Gasteiger charge is -2.37. The van der Waals surface area contributed by atoms with Gasteiger partial charge in [0, 0.05) is 19.8 Å². The second kappa shape index (κ2) is 8.60. The van der Waals surface area contributed by atoms with Gasteiger partial charge in [-0.05, 0) is 72.8 Å². The standard InChI is InChI=1S/C22H34N6/c1-17-13-15-27(16-14-17)21(18-9-11-19(12-10-18)26(2)3)22-23-24-25-28(22)20-7-5-4-6-8-20/h9-12,17,20-21H,4-8,13-16H2,1-3H3/t21-/m0/s1. The van der Waals surface area contributed by atoms with Crippen molar-refractivity contribution in [2.45, 2.75) is 64.0 Å². The van der Waals surface area contributed by atoms with E-state index in [1.54, 1.807) is 0 Å². The lowest BCUT2D eigenvalue weighted by Crippen LogP contribution is -2.38. The van der Waals surface area contributed by atoms with Gasteiger partial charge in [-0.3, -0.25) is 4.90 Å². The van der Waals surface area contributed by atoms with E-state index in [9.17, 15) is 0 Å². The topological polar surface area (TPSA) is 50.1 Å². The molecule has 0 unspecified atom stereocenters. The Balaban J connectivity index is 1.68. The van der Waals surface area contributed by atoms with E-state index < -0.39 is 0 Å². The minimum atomic E-state index is 0.139. The minimum absolute atomic E-state index is 0.139. The Bertz CT molecular complexity index is 739. The fourth-order valence-electron chi connectivity index (χ4n) is 4.73. The van der Waals surface area contributed by atoms with E-state index in [4.69, 9.17) is 0 Å². The van der Waals surface area contributed by atoms with Gasteiger partial charge < -0.3 is 4.90 Å². The summed E-state index contributed by atoms with van der Waals surface area (Å²) in [5.74, 6) is 1.83. The molecule has 1 atom stereocenters. The van der Waals surface area contributed by atoms with Crippen molar-refractivity contribution in [3.8, 4) is 0 Å².